The van der Waals surface area contributed by atoms with Gasteiger partial charge in [-0.25, -0.2) is 0 Å². The summed E-state index contributed by atoms with van der Waals surface area (Å²) in [5.41, 5.74) is 0. The third-order valence-corrected chi connectivity index (χ3v) is 3.95. The lowest BCUT2D eigenvalue weighted by atomic mass is 10.0. The first-order valence-corrected chi connectivity index (χ1v) is 7.77. The fourth-order valence-corrected chi connectivity index (χ4v) is 2.58. The van der Waals surface area contributed by atoms with Gasteiger partial charge in [0.1, 0.15) is 6.04 Å². The highest BCUT2D eigenvalue weighted by Crippen LogP contribution is 2.11. The van der Waals surface area contributed by atoms with Crippen molar-refractivity contribution in [2.75, 3.05) is 13.6 Å². The van der Waals surface area contributed by atoms with Crippen LogP contribution in [0, 0.1) is 5.92 Å². The Morgan fingerprint density at radius 1 is 1.39 bits per heavy atom. The second-order valence-electron chi connectivity index (χ2n) is 6.19. The number of rotatable bonds is 5. The fourth-order valence-electron chi connectivity index (χ4n) is 2.58. The van der Waals surface area contributed by atoms with Crippen LogP contribution in [0.1, 0.15) is 37.2 Å². The van der Waals surface area contributed by atoms with Gasteiger partial charge < -0.3 is 20.0 Å². The van der Waals surface area contributed by atoms with Crippen LogP contribution in [0.2, 0.25) is 0 Å². The molecular formula is C16H23N3O4. The molecular weight excluding hydrogens is 298 g/mol. The van der Waals surface area contributed by atoms with Gasteiger partial charge in [-0.05, 0) is 24.5 Å². The molecule has 0 unspecified atom stereocenters. The third kappa shape index (κ3) is 4.34. The Labute approximate surface area is 135 Å². The van der Waals surface area contributed by atoms with E-state index in [1.807, 2.05) is 13.8 Å². The monoisotopic (exact) mass is 321 g/mol. The van der Waals surface area contributed by atoms with Gasteiger partial charge >= 0.3 is 0 Å². The first-order valence-electron chi connectivity index (χ1n) is 7.77. The maximum atomic E-state index is 12.5. The number of hydrogen-bond donors (Lipinski definition) is 2. The number of piperidine rings is 1. The number of nitrogens with zero attached hydrogens (tertiary/aromatic N) is 1. The largest absolute Gasteiger partial charge is 0.459 e. The minimum atomic E-state index is -0.657. The molecule has 1 aromatic heterocycles. The van der Waals surface area contributed by atoms with Gasteiger partial charge in [0.05, 0.1) is 6.26 Å². The molecule has 1 fully saturated rings. The van der Waals surface area contributed by atoms with Gasteiger partial charge in [0.15, 0.2) is 5.76 Å². The summed E-state index contributed by atoms with van der Waals surface area (Å²) in [7, 11) is 1.72. The molecule has 7 nitrogen and oxygen atoms in total. The quantitative estimate of drug-likeness (QED) is 0.838. The molecule has 126 valence electrons. The average Bonchev–Trinajstić information content (AvgIpc) is 3.02. The molecule has 0 saturated carbocycles. The van der Waals surface area contributed by atoms with Crippen LogP contribution in [0.4, 0.5) is 0 Å². The van der Waals surface area contributed by atoms with E-state index in [9.17, 15) is 14.4 Å². The van der Waals surface area contributed by atoms with E-state index in [0.717, 1.165) is 0 Å². The zero-order valence-corrected chi connectivity index (χ0v) is 13.7. The predicted octanol–water partition coefficient (Wildman–Crippen LogP) is 0.771. The van der Waals surface area contributed by atoms with Crippen LogP contribution < -0.4 is 10.6 Å². The van der Waals surface area contributed by atoms with Crippen LogP contribution in [0.15, 0.2) is 22.8 Å². The van der Waals surface area contributed by atoms with Gasteiger partial charge in [0.2, 0.25) is 11.8 Å². The summed E-state index contributed by atoms with van der Waals surface area (Å²) in [4.78, 5) is 37.7. The number of carbonyl (C=O) groups is 3. The highest BCUT2D eigenvalue weighted by Gasteiger charge is 2.29. The van der Waals surface area contributed by atoms with E-state index in [1.54, 1.807) is 24.1 Å². The molecule has 1 saturated heterocycles. The van der Waals surface area contributed by atoms with Gasteiger partial charge in [-0.2, -0.15) is 0 Å². The van der Waals surface area contributed by atoms with E-state index in [1.165, 1.54) is 6.26 Å². The van der Waals surface area contributed by atoms with Gasteiger partial charge in [-0.1, -0.05) is 13.8 Å². The first-order chi connectivity index (χ1) is 10.9. The summed E-state index contributed by atoms with van der Waals surface area (Å²) < 4.78 is 5.04. The van der Waals surface area contributed by atoms with Crippen LogP contribution in [0.3, 0.4) is 0 Å². The Morgan fingerprint density at radius 3 is 2.70 bits per heavy atom. The van der Waals surface area contributed by atoms with E-state index in [0.29, 0.717) is 19.4 Å². The Hall–Kier alpha value is -2.31. The number of hydrogen-bond acceptors (Lipinski definition) is 4. The molecule has 1 aromatic rings. The number of amides is 3. The van der Waals surface area contributed by atoms with Crippen molar-refractivity contribution in [3.63, 3.8) is 0 Å². The maximum Gasteiger partial charge on any atom is 0.287 e. The SMILES string of the molecule is CC(C)[C@H](NC(=O)c1ccco1)C(=O)N[C@H]1CCC(=O)N(C)C1. The van der Waals surface area contributed by atoms with Crippen LogP contribution in [-0.2, 0) is 9.59 Å². The van der Waals surface area contributed by atoms with Crippen molar-refractivity contribution >= 4 is 17.7 Å². The zero-order chi connectivity index (χ0) is 17.0. The molecule has 0 spiro atoms. The second kappa shape index (κ2) is 7.30. The summed E-state index contributed by atoms with van der Waals surface area (Å²) in [6.45, 7) is 4.22. The number of carbonyl (C=O) groups excluding carboxylic acids is 3. The van der Waals surface area contributed by atoms with Crippen molar-refractivity contribution in [3.05, 3.63) is 24.2 Å². The lowest BCUT2D eigenvalue weighted by molar-refractivity contribution is -0.134. The molecule has 0 radical (unpaired) electrons. The standard InChI is InChI=1S/C16H23N3O4/c1-10(2)14(18-15(21)12-5-4-8-23-12)16(22)17-11-6-7-13(20)19(3)9-11/h4-5,8,10-11,14H,6-7,9H2,1-3H3,(H,17,22)(H,18,21)/t11-,14-/m0/s1. The molecule has 7 heteroatoms. The van der Waals surface area contributed by atoms with Crippen LogP contribution >= 0.6 is 0 Å². The summed E-state index contributed by atoms with van der Waals surface area (Å²) in [5.74, 6) is -0.474. The minimum Gasteiger partial charge on any atom is -0.459 e. The Bertz CT molecular complexity index is 568. The highest BCUT2D eigenvalue weighted by molar-refractivity contribution is 5.95. The van der Waals surface area contributed by atoms with Crippen LogP contribution in [-0.4, -0.2) is 48.3 Å². The molecule has 0 bridgehead atoms. The molecule has 0 aromatic carbocycles. The summed E-state index contributed by atoms with van der Waals surface area (Å²) in [5, 5.41) is 5.63. The van der Waals surface area contributed by atoms with E-state index in [4.69, 9.17) is 4.42 Å². The van der Waals surface area contributed by atoms with Crippen molar-refractivity contribution in [2.24, 2.45) is 5.92 Å². The van der Waals surface area contributed by atoms with E-state index in [-0.39, 0.29) is 29.5 Å². The van der Waals surface area contributed by atoms with Crippen molar-refractivity contribution < 1.29 is 18.8 Å². The number of likely N-dealkylation sites (tertiary alicyclic amines) is 1. The fraction of sp³-hybridized carbons (Fsp3) is 0.562. The van der Waals surface area contributed by atoms with Crippen molar-refractivity contribution in [2.45, 2.75) is 38.8 Å². The smallest absolute Gasteiger partial charge is 0.287 e. The Balaban J connectivity index is 1.96. The molecule has 2 heterocycles. The van der Waals surface area contributed by atoms with Gasteiger partial charge in [0.25, 0.3) is 5.91 Å². The molecule has 1 aliphatic rings. The number of likely N-dealkylation sites (N-methyl/N-ethyl adjacent to an activating group) is 1. The Kier molecular flexibility index (Phi) is 5.41. The van der Waals surface area contributed by atoms with Gasteiger partial charge in [-0.15, -0.1) is 0 Å². The predicted molar refractivity (Wildman–Crippen MR) is 83.6 cm³/mol. The molecule has 1 aliphatic heterocycles. The number of nitrogens with one attached hydrogen (secondary N) is 2. The van der Waals surface area contributed by atoms with E-state index < -0.39 is 11.9 Å². The van der Waals surface area contributed by atoms with Crippen molar-refractivity contribution in [1.29, 1.82) is 0 Å². The van der Waals surface area contributed by atoms with E-state index in [2.05, 4.69) is 10.6 Å². The molecule has 0 aliphatic carbocycles. The average molecular weight is 321 g/mol. The lowest BCUT2D eigenvalue weighted by Gasteiger charge is -2.32. The summed E-state index contributed by atoms with van der Waals surface area (Å²) in [6, 6.07) is 2.42. The number of furan rings is 1. The summed E-state index contributed by atoms with van der Waals surface area (Å²) in [6.07, 6.45) is 2.45. The molecule has 23 heavy (non-hydrogen) atoms. The van der Waals surface area contributed by atoms with Gasteiger partial charge in [0, 0.05) is 26.1 Å². The highest BCUT2D eigenvalue weighted by atomic mass is 16.3. The maximum absolute atomic E-state index is 12.5. The molecule has 3 amide bonds. The third-order valence-electron chi connectivity index (χ3n) is 3.95. The van der Waals surface area contributed by atoms with Crippen molar-refractivity contribution in [3.8, 4) is 0 Å². The summed E-state index contributed by atoms with van der Waals surface area (Å²) >= 11 is 0. The lowest BCUT2D eigenvalue weighted by Crippen LogP contribution is -2.55. The zero-order valence-electron chi connectivity index (χ0n) is 13.7. The Morgan fingerprint density at radius 2 is 2.13 bits per heavy atom. The topological polar surface area (TPSA) is 91.6 Å². The molecule has 2 N–H and O–H groups in total. The first kappa shape index (κ1) is 17.1. The normalized spacial score (nSPS) is 19.6. The van der Waals surface area contributed by atoms with Gasteiger partial charge in [-0.3, -0.25) is 14.4 Å². The molecule has 2 rings (SSSR count). The van der Waals surface area contributed by atoms with Crippen LogP contribution in [0.25, 0.3) is 0 Å². The van der Waals surface area contributed by atoms with Crippen molar-refractivity contribution in [1.82, 2.24) is 15.5 Å². The van der Waals surface area contributed by atoms with Crippen LogP contribution in [0.5, 0.6) is 0 Å². The minimum absolute atomic E-state index is 0.0723. The van der Waals surface area contributed by atoms with E-state index >= 15 is 0 Å². The second-order valence-corrected chi connectivity index (χ2v) is 6.19. The molecule has 2 atom stereocenters.